The number of hydrogen-bond acceptors (Lipinski definition) is 2. The maximum absolute atomic E-state index is 6.19. The van der Waals surface area contributed by atoms with Gasteiger partial charge in [0.2, 0.25) is 0 Å². The van der Waals surface area contributed by atoms with Gasteiger partial charge in [0, 0.05) is 9.90 Å². The summed E-state index contributed by atoms with van der Waals surface area (Å²) in [5.74, 6) is 0.440. The van der Waals surface area contributed by atoms with E-state index in [2.05, 4.69) is 34.1 Å². The van der Waals surface area contributed by atoms with Crippen LogP contribution < -0.4 is 5.73 Å². The third-order valence-corrected chi connectivity index (χ3v) is 4.93. The van der Waals surface area contributed by atoms with Crippen LogP contribution in [0.4, 0.5) is 0 Å². The van der Waals surface area contributed by atoms with Gasteiger partial charge in [-0.1, -0.05) is 29.8 Å². The van der Waals surface area contributed by atoms with Gasteiger partial charge in [-0.2, -0.15) is 0 Å². The highest BCUT2D eigenvalue weighted by molar-refractivity contribution is 9.11. The van der Waals surface area contributed by atoms with E-state index in [1.54, 1.807) is 11.3 Å². The van der Waals surface area contributed by atoms with E-state index in [1.165, 1.54) is 14.2 Å². The first-order valence-corrected chi connectivity index (χ1v) is 7.85. The van der Waals surface area contributed by atoms with E-state index in [1.807, 2.05) is 18.2 Å². The summed E-state index contributed by atoms with van der Waals surface area (Å²) in [5, 5.41) is 0.836. The van der Waals surface area contributed by atoms with Crippen molar-refractivity contribution in [2.45, 2.75) is 12.8 Å². The average molecular weight is 345 g/mol. The summed E-state index contributed by atoms with van der Waals surface area (Å²) in [7, 11) is 0. The molecule has 0 aliphatic heterocycles. The number of thiophene rings is 1. The molecule has 96 valence electrons. The van der Waals surface area contributed by atoms with E-state index in [0.29, 0.717) is 12.5 Å². The molecule has 4 heteroatoms. The summed E-state index contributed by atoms with van der Waals surface area (Å²) in [5.41, 5.74) is 7.06. The summed E-state index contributed by atoms with van der Waals surface area (Å²) in [4.78, 5) is 1.37. The zero-order valence-electron chi connectivity index (χ0n) is 9.90. The van der Waals surface area contributed by atoms with E-state index in [9.17, 15) is 0 Å². The van der Waals surface area contributed by atoms with E-state index in [4.69, 9.17) is 17.3 Å². The van der Waals surface area contributed by atoms with Crippen molar-refractivity contribution in [1.29, 1.82) is 0 Å². The molecule has 2 aromatic rings. The molecule has 0 amide bonds. The lowest BCUT2D eigenvalue weighted by Gasteiger charge is -2.14. The number of halogens is 2. The van der Waals surface area contributed by atoms with E-state index in [-0.39, 0.29) is 0 Å². The molecule has 1 nitrogen and oxygen atoms in total. The van der Waals surface area contributed by atoms with Crippen molar-refractivity contribution in [1.82, 2.24) is 0 Å². The van der Waals surface area contributed by atoms with Gasteiger partial charge >= 0.3 is 0 Å². The minimum atomic E-state index is 0.440. The summed E-state index contributed by atoms with van der Waals surface area (Å²) >= 11 is 11.4. The lowest BCUT2D eigenvalue weighted by molar-refractivity contribution is 0.537. The minimum Gasteiger partial charge on any atom is -0.330 e. The van der Waals surface area contributed by atoms with Crippen molar-refractivity contribution in [2.24, 2.45) is 11.7 Å². The van der Waals surface area contributed by atoms with Gasteiger partial charge in [-0.3, -0.25) is 0 Å². The molecule has 0 aliphatic rings. The second-order valence-corrected chi connectivity index (χ2v) is 7.26. The first-order chi connectivity index (χ1) is 8.69. The SMILES string of the molecule is NCC(Cc1ccc(Br)s1)Cc1ccccc1Cl. The lowest BCUT2D eigenvalue weighted by atomic mass is 9.95. The zero-order valence-corrected chi connectivity index (χ0v) is 13.1. The van der Waals surface area contributed by atoms with Crippen LogP contribution in [0.3, 0.4) is 0 Å². The van der Waals surface area contributed by atoms with Crippen LogP contribution in [0.2, 0.25) is 5.02 Å². The lowest BCUT2D eigenvalue weighted by Crippen LogP contribution is -2.19. The fourth-order valence-electron chi connectivity index (χ4n) is 1.96. The van der Waals surface area contributed by atoms with Gasteiger partial charge in [0.25, 0.3) is 0 Å². The highest BCUT2D eigenvalue weighted by Crippen LogP contribution is 2.26. The Hall–Kier alpha value is -0.350. The Labute approximate surface area is 125 Å². The van der Waals surface area contributed by atoms with Crippen molar-refractivity contribution in [2.75, 3.05) is 6.54 Å². The molecule has 0 radical (unpaired) electrons. The Balaban J connectivity index is 2.04. The van der Waals surface area contributed by atoms with Crippen molar-refractivity contribution in [3.8, 4) is 0 Å². The van der Waals surface area contributed by atoms with Gasteiger partial charge in [-0.05, 0) is 65.0 Å². The number of rotatable bonds is 5. The minimum absolute atomic E-state index is 0.440. The molecule has 0 fully saturated rings. The molecule has 18 heavy (non-hydrogen) atoms. The van der Waals surface area contributed by atoms with Crippen LogP contribution >= 0.6 is 38.9 Å². The van der Waals surface area contributed by atoms with Crippen LogP contribution in [0.1, 0.15) is 10.4 Å². The van der Waals surface area contributed by atoms with E-state index >= 15 is 0 Å². The average Bonchev–Trinajstić information content (AvgIpc) is 2.76. The van der Waals surface area contributed by atoms with Crippen LogP contribution in [-0.4, -0.2) is 6.54 Å². The van der Waals surface area contributed by atoms with Crippen LogP contribution in [0, 0.1) is 5.92 Å². The fourth-order valence-corrected chi connectivity index (χ4v) is 3.77. The first kappa shape index (κ1) is 14.1. The molecule has 1 atom stereocenters. The quantitative estimate of drug-likeness (QED) is 0.847. The Kier molecular flexibility index (Phi) is 5.25. The molecular formula is C14H15BrClNS. The Bertz CT molecular complexity index is 512. The number of benzene rings is 1. The monoisotopic (exact) mass is 343 g/mol. The summed E-state index contributed by atoms with van der Waals surface area (Å²) in [6, 6.07) is 12.2. The molecule has 1 unspecified atom stereocenters. The molecule has 1 aromatic heterocycles. The van der Waals surface area contributed by atoms with Gasteiger partial charge in [0.05, 0.1) is 3.79 Å². The second kappa shape index (κ2) is 6.71. The van der Waals surface area contributed by atoms with Crippen LogP contribution in [0.5, 0.6) is 0 Å². The molecule has 0 saturated heterocycles. The largest absolute Gasteiger partial charge is 0.330 e. The van der Waals surface area contributed by atoms with E-state index < -0.39 is 0 Å². The molecule has 1 heterocycles. The molecule has 0 spiro atoms. The van der Waals surface area contributed by atoms with Gasteiger partial charge in [-0.25, -0.2) is 0 Å². The molecule has 0 saturated carbocycles. The Morgan fingerprint density at radius 3 is 2.56 bits per heavy atom. The Morgan fingerprint density at radius 2 is 1.94 bits per heavy atom. The predicted molar refractivity (Wildman–Crippen MR) is 83.4 cm³/mol. The van der Waals surface area contributed by atoms with Crippen molar-refractivity contribution in [3.63, 3.8) is 0 Å². The topological polar surface area (TPSA) is 26.0 Å². The van der Waals surface area contributed by atoms with Crippen LogP contribution in [0.25, 0.3) is 0 Å². The predicted octanol–water partition coefficient (Wildman–Crippen LogP) is 4.52. The zero-order chi connectivity index (χ0) is 13.0. The smallest absolute Gasteiger partial charge is 0.0701 e. The molecule has 2 rings (SSSR count). The Morgan fingerprint density at radius 1 is 1.17 bits per heavy atom. The van der Waals surface area contributed by atoms with Crippen LogP contribution in [0.15, 0.2) is 40.2 Å². The maximum Gasteiger partial charge on any atom is 0.0701 e. The van der Waals surface area contributed by atoms with Gasteiger partial charge in [-0.15, -0.1) is 11.3 Å². The third kappa shape index (κ3) is 3.82. The highest BCUT2D eigenvalue weighted by Gasteiger charge is 2.12. The van der Waals surface area contributed by atoms with Gasteiger partial charge in [0.15, 0.2) is 0 Å². The van der Waals surface area contributed by atoms with Gasteiger partial charge < -0.3 is 5.73 Å². The molecule has 0 bridgehead atoms. The third-order valence-electron chi connectivity index (χ3n) is 2.92. The van der Waals surface area contributed by atoms with Crippen molar-refractivity contribution < 1.29 is 0 Å². The van der Waals surface area contributed by atoms with Crippen LogP contribution in [-0.2, 0) is 12.8 Å². The van der Waals surface area contributed by atoms with Crippen molar-refractivity contribution >= 4 is 38.9 Å². The van der Waals surface area contributed by atoms with Crippen molar-refractivity contribution in [3.05, 3.63) is 55.6 Å². The summed E-state index contributed by atoms with van der Waals surface area (Å²) < 4.78 is 1.17. The normalized spacial score (nSPS) is 12.6. The molecule has 2 N–H and O–H groups in total. The summed E-state index contributed by atoms with van der Waals surface area (Å²) in [6.07, 6.45) is 1.95. The summed E-state index contributed by atoms with van der Waals surface area (Å²) in [6.45, 7) is 0.681. The number of nitrogens with two attached hydrogens (primary N) is 1. The molecular weight excluding hydrogens is 330 g/mol. The second-order valence-electron chi connectivity index (χ2n) is 4.31. The molecule has 1 aromatic carbocycles. The first-order valence-electron chi connectivity index (χ1n) is 5.86. The molecule has 0 aliphatic carbocycles. The van der Waals surface area contributed by atoms with Gasteiger partial charge in [0.1, 0.15) is 0 Å². The fraction of sp³-hybridized carbons (Fsp3) is 0.286. The highest BCUT2D eigenvalue weighted by atomic mass is 79.9. The number of hydrogen-bond donors (Lipinski definition) is 1. The maximum atomic E-state index is 6.19. The standard InChI is InChI=1S/C14H15BrClNS/c15-14-6-5-12(18-14)8-10(9-17)7-11-3-1-2-4-13(11)16/h1-6,10H,7-9,17H2. The van der Waals surface area contributed by atoms with E-state index in [0.717, 1.165) is 17.9 Å².